The van der Waals surface area contributed by atoms with Crippen LogP contribution in [-0.2, 0) is 13.0 Å². The van der Waals surface area contributed by atoms with Gasteiger partial charge in [-0.25, -0.2) is 0 Å². The van der Waals surface area contributed by atoms with Gasteiger partial charge in [-0.3, -0.25) is 9.89 Å². The molecule has 0 aliphatic heterocycles. The van der Waals surface area contributed by atoms with Gasteiger partial charge in [0.15, 0.2) is 5.69 Å². The number of aromatic nitrogens is 2. The summed E-state index contributed by atoms with van der Waals surface area (Å²) in [5.74, 6) is -0.248. The number of nitrogen functional groups attached to an aromatic ring is 1. The first kappa shape index (κ1) is 14.1. The monoisotopic (exact) mass is 272 g/mol. The first-order chi connectivity index (χ1) is 9.61. The smallest absolute Gasteiger partial charge is 0.274 e. The summed E-state index contributed by atoms with van der Waals surface area (Å²) in [6.07, 6.45) is 1.75. The van der Waals surface area contributed by atoms with Crippen LogP contribution in [0.1, 0.15) is 40.7 Å². The van der Waals surface area contributed by atoms with Gasteiger partial charge in [0.25, 0.3) is 5.91 Å². The minimum absolute atomic E-state index is 0.248. The van der Waals surface area contributed by atoms with Crippen molar-refractivity contribution in [2.24, 2.45) is 0 Å². The number of nitrogens with zero attached hydrogens (tertiary/aromatic N) is 1. The van der Waals surface area contributed by atoms with Crippen LogP contribution in [0.4, 0.5) is 5.69 Å². The third-order valence-corrected chi connectivity index (χ3v) is 3.17. The van der Waals surface area contributed by atoms with Gasteiger partial charge < -0.3 is 11.1 Å². The highest BCUT2D eigenvalue weighted by atomic mass is 16.1. The van der Waals surface area contributed by atoms with Gasteiger partial charge in [-0.1, -0.05) is 43.2 Å². The molecule has 0 atom stereocenters. The predicted octanol–water partition coefficient (Wildman–Crippen LogP) is 2.18. The van der Waals surface area contributed by atoms with Crippen LogP contribution in [0.15, 0.2) is 24.3 Å². The van der Waals surface area contributed by atoms with E-state index in [2.05, 4.69) is 22.4 Å². The summed E-state index contributed by atoms with van der Waals surface area (Å²) in [6, 6.07) is 8.02. The Kier molecular flexibility index (Phi) is 4.40. The molecule has 4 N–H and O–H groups in total. The fourth-order valence-electron chi connectivity index (χ4n) is 1.97. The quantitative estimate of drug-likeness (QED) is 0.780. The summed E-state index contributed by atoms with van der Waals surface area (Å²) >= 11 is 0. The molecule has 0 fully saturated rings. The molecule has 0 spiro atoms. The van der Waals surface area contributed by atoms with Gasteiger partial charge in [-0.05, 0) is 18.9 Å². The molecule has 0 saturated heterocycles. The van der Waals surface area contributed by atoms with E-state index in [9.17, 15) is 4.79 Å². The summed E-state index contributed by atoms with van der Waals surface area (Å²) in [7, 11) is 0. The number of benzene rings is 1. The van der Waals surface area contributed by atoms with E-state index in [0.29, 0.717) is 12.2 Å². The van der Waals surface area contributed by atoms with E-state index < -0.39 is 0 Å². The van der Waals surface area contributed by atoms with Gasteiger partial charge in [0.1, 0.15) is 0 Å². The van der Waals surface area contributed by atoms with Gasteiger partial charge in [0.05, 0.1) is 11.4 Å². The molecule has 2 aromatic rings. The Morgan fingerprint density at radius 1 is 1.35 bits per heavy atom. The molecule has 1 aromatic carbocycles. The first-order valence-corrected chi connectivity index (χ1v) is 6.78. The van der Waals surface area contributed by atoms with E-state index in [1.807, 2.05) is 31.2 Å². The van der Waals surface area contributed by atoms with Crippen LogP contribution in [-0.4, -0.2) is 16.1 Å². The molecule has 1 aromatic heterocycles. The number of nitrogens with two attached hydrogens (primary N) is 1. The number of aromatic amines is 1. The van der Waals surface area contributed by atoms with Gasteiger partial charge in [-0.15, -0.1) is 0 Å². The highest BCUT2D eigenvalue weighted by molar-refractivity contribution is 5.97. The molecule has 2 rings (SSSR count). The molecule has 0 radical (unpaired) electrons. The molecule has 5 heteroatoms. The predicted molar refractivity (Wildman–Crippen MR) is 79.3 cm³/mol. The summed E-state index contributed by atoms with van der Waals surface area (Å²) in [5, 5.41) is 9.65. The molecule has 20 heavy (non-hydrogen) atoms. The van der Waals surface area contributed by atoms with E-state index in [4.69, 9.17) is 5.73 Å². The fraction of sp³-hybridized carbons (Fsp3) is 0.333. The Labute approximate surface area is 118 Å². The van der Waals surface area contributed by atoms with Gasteiger partial charge in [0, 0.05) is 6.54 Å². The molecular formula is C15H20N4O. The summed E-state index contributed by atoms with van der Waals surface area (Å²) in [6.45, 7) is 4.55. The first-order valence-electron chi connectivity index (χ1n) is 6.78. The molecular weight excluding hydrogens is 252 g/mol. The van der Waals surface area contributed by atoms with Crippen LogP contribution in [0.2, 0.25) is 0 Å². The zero-order valence-electron chi connectivity index (χ0n) is 11.9. The maximum absolute atomic E-state index is 12.0. The largest absolute Gasteiger partial charge is 0.395 e. The number of rotatable bonds is 5. The zero-order valence-corrected chi connectivity index (χ0v) is 11.9. The number of carbonyl (C=O) groups is 1. The molecule has 0 bridgehead atoms. The summed E-state index contributed by atoms with van der Waals surface area (Å²) in [5.41, 5.74) is 9.72. The maximum Gasteiger partial charge on any atom is 0.274 e. The summed E-state index contributed by atoms with van der Waals surface area (Å²) < 4.78 is 0. The Hall–Kier alpha value is -2.30. The Morgan fingerprint density at radius 2 is 2.05 bits per heavy atom. The standard InChI is InChI=1S/C15H20N4O/c1-3-4-12-13(16)14(19-18-12)15(20)17-9-11-7-5-10(2)6-8-11/h5-8H,3-4,9,16H2,1-2H3,(H,17,20)(H,18,19). The van der Waals surface area contributed by atoms with Crippen molar-refractivity contribution in [2.75, 3.05) is 5.73 Å². The van der Waals surface area contributed by atoms with Crippen molar-refractivity contribution in [3.63, 3.8) is 0 Å². The number of aryl methyl sites for hydroxylation is 2. The third kappa shape index (κ3) is 3.17. The molecule has 1 amide bonds. The van der Waals surface area contributed by atoms with Crippen molar-refractivity contribution >= 4 is 11.6 Å². The second-order valence-electron chi connectivity index (χ2n) is 4.88. The second kappa shape index (κ2) is 6.23. The Bertz CT molecular complexity index is 586. The maximum atomic E-state index is 12.0. The lowest BCUT2D eigenvalue weighted by Gasteiger charge is -2.04. The molecule has 0 unspecified atom stereocenters. The molecule has 0 aliphatic carbocycles. The highest BCUT2D eigenvalue weighted by Crippen LogP contribution is 2.15. The number of amides is 1. The zero-order chi connectivity index (χ0) is 14.5. The van der Waals surface area contributed by atoms with Crippen LogP contribution in [0, 0.1) is 6.92 Å². The number of H-pyrrole nitrogens is 1. The van der Waals surface area contributed by atoms with Crippen LogP contribution in [0.5, 0.6) is 0 Å². The molecule has 1 heterocycles. The second-order valence-corrected chi connectivity index (χ2v) is 4.88. The van der Waals surface area contributed by atoms with Gasteiger partial charge in [-0.2, -0.15) is 5.10 Å². The lowest BCUT2D eigenvalue weighted by Crippen LogP contribution is -2.24. The van der Waals surface area contributed by atoms with Crippen LogP contribution in [0.3, 0.4) is 0 Å². The van der Waals surface area contributed by atoms with E-state index >= 15 is 0 Å². The van der Waals surface area contributed by atoms with E-state index in [0.717, 1.165) is 24.1 Å². The van der Waals surface area contributed by atoms with Crippen LogP contribution in [0.25, 0.3) is 0 Å². The Balaban J connectivity index is 1.99. The van der Waals surface area contributed by atoms with Crippen molar-refractivity contribution in [2.45, 2.75) is 33.2 Å². The average molecular weight is 272 g/mol. The normalized spacial score (nSPS) is 10.5. The third-order valence-electron chi connectivity index (χ3n) is 3.17. The van der Waals surface area contributed by atoms with E-state index in [1.165, 1.54) is 5.56 Å². The van der Waals surface area contributed by atoms with Gasteiger partial charge in [0.2, 0.25) is 0 Å². The van der Waals surface area contributed by atoms with E-state index in [1.54, 1.807) is 0 Å². The number of nitrogens with one attached hydrogen (secondary N) is 2. The van der Waals surface area contributed by atoms with Crippen molar-refractivity contribution in [1.82, 2.24) is 15.5 Å². The minimum atomic E-state index is -0.248. The van der Waals surface area contributed by atoms with E-state index in [-0.39, 0.29) is 11.6 Å². The SMILES string of the molecule is CCCc1[nH]nc(C(=O)NCc2ccc(C)cc2)c1N. The molecule has 106 valence electrons. The fourth-order valence-corrected chi connectivity index (χ4v) is 1.97. The number of carbonyl (C=O) groups excluding carboxylic acids is 1. The lowest BCUT2D eigenvalue weighted by atomic mass is 10.1. The van der Waals surface area contributed by atoms with Crippen LogP contribution >= 0.6 is 0 Å². The Morgan fingerprint density at radius 3 is 2.70 bits per heavy atom. The summed E-state index contributed by atoms with van der Waals surface area (Å²) in [4.78, 5) is 12.0. The number of anilines is 1. The molecule has 0 aliphatic rings. The van der Waals surface area contributed by atoms with Crippen molar-refractivity contribution in [3.05, 3.63) is 46.8 Å². The average Bonchev–Trinajstić information content (AvgIpc) is 2.80. The number of hydrogen-bond donors (Lipinski definition) is 3. The molecule has 5 nitrogen and oxygen atoms in total. The van der Waals surface area contributed by atoms with Crippen molar-refractivity contribution < 1.29 is 4.79 Å². The topological polar surface area (TPSA) is 83.8 Å². The number of hydrogen-bond acceptors (Lipinski definition) is 3. The van der Waals surface area contributed by atoms with Crippen molar-refractivity contribution in [3.8, 4) is 0 Å². The lowest BCUT2D eigenvalue weighted by molar-refractivity contribution is 0.0947. The minimum Gasteiger partial charge on any atom is -0.395 e. The van der Waals surface area contributed by atoms with Gasteiger partial charge >= 0.3 is 0 Å². The highest BCUT2D eigenvalue weighted by Gasteiger charge is 2.16. The van der Waals surface area contributed by atoms with Crippen LogP contribution < -0.4 is 11.1 Å². The van der Waals surface area contributed by atoms with Crippen molar-refractivity contribution in [1.29, 1.82) is 0 Å². The molecule has 0 saturated carbocycles.